The van der Waals surface area contributed by atoms with Gasteiger partial charge in [-0.1, -0.05) is 0 Å². The van der Waals surface area contributed by atoms with Gasteiger partial charge in [-0.15, -0.1) is 0 Å². The van der Waals surface area contributed by atoms with Gasteiger partial charge in [0.25, 0.3) is 5.69 Å². The van der Waals surface area contributed by atoms with Crippen LogP contribution in [0.1, 0.15) is 18.4 Å². The predicted octanol–water partition coefficient (Wildman–Crippen LogP) is 1.52. The number of hydrogen-bond acceptors (Lipinski definition) is 5. The number of aliphatic carboxylic acids is 1. The van der Waals surface area contributed by atoms with Crippen LogP contribution in [-0.2, 0) is 4.79 Å². The number of anilines is 1. The molecule has 2 rings (SSSR count). The molecule has 7 nitrogen and oxygen atoms in total. The molecule has 0 saturated heterocycles. The maximum absolute atomic E-state index is 10.8. The van der Waals surface area contributed by atoms with Crippen LogP contribution in [0.15, 0.2) is 18.2 Å². The molecule has 1 fully saturated rings. The van der Waals surface area contributed by atoms with E-state index in [4.69, 9.17) is 10.4 Å². The van der Waals surface area contributed by atoms with Gasteiger partial charge in [-0.2, -0.15) is 5.26 Å². The fraction of sp³-hybridized carbons (Fsp3) is 0.333. The van der Waals surface area contributed by atoms with Gasteiger partial charge >= 0.3 is 5.97 Å². The van der Waals surface area contributed by atoms with Crippen molar-refractivity contribution in [3.05, 3.63) is 33.9 Å². The SMILES string of the molecule is N#Cc1cc(N(CC(=O)O)C2CC2)ccc1[N+](=O)[O-]. The molecule has 1 aliphatic rings. The van der Waals surface area contributed by atoms with Crippen LogP contribution in [0.2, 0.25) is 0 Å². The number of hydrogen-bond donors (Lipinski definition) is 1. The van der Waals surface area contributed by atoms with Crippen LogP contribution in [-0.4, -0.2) is 28.6 Å². The molecule has 0 heterocycles. The molecule has 0 bridgehead atoms. The Labute approximate surface area is 108 Å². The van der Waals surface area contributed by atoms with E-state index in [9.17, 15) is 14.9 Å². The second-order valence-electron chi connectivity index (χ2n) is 4.32. The third-order valence-electron chi connectivity index (χ3n) is 2.92. The topological polar surface area (TPSA) is 107 Å². The van der Waals surface area contributed by atoms with E-state index in [0.717, 1.165) is 12.8 Å². The van der Waals surface area contributed by atoms with E-state index in [1.807, 2.05) is 0 Å². The van der Waals surface area contributed by atoms with Crippen molar-refractivity contribution >= 4 is 17.3 Å². The van der Waals surface area contributed by atoms with Crippen molar-refractivity contribution in [2.24, 2.45) is 0 Å². The normalized spacial score (nSPS) is 13.6. The molecular weight excluding hydrogens is 250 g/mol. The highest BCUT2D eigenvalue weighted by atomic mass is 16.6. The Balaban J connectivity index is 2.36. The van der Waals surface area contributed by atoms with Crippen molar-refractivity contribution in [2.45, 2.75) is 18.9 Å². The molecule has 98 valence electrons. The average Bonchev–Trinajstić information content (AvgIpc) is 3.19. The number of nitro groups is 1. The van der Waals surface area contributed by atoms with Gasteiger partial charge in [-0.05, 0) is 25.0 Å². The Bertz CT molecular complexity index is 575. The second-order valence-corrected chi connectivity index (χ2v) is 4.32. The summed E-state index contributed by atoms with van der Waals surface area (Å²) in [5.74, 6) is -0.969. The number of rotatable bonds is 5. The van der Waals surface area contributed by atoms with E-state index in [2.05, 4.69) is 0 Å². The number of nitro benzene ring substituents is 1. The number of carboxylic acid groups (broad SMARTS) is 1. The van der Waals surface area contributed by atoms with Crippen LogP contribution in [0.4, 0.5) is 11.4 Å². The summed E-state index contributed by atoms with van der Waals surface area (Å²) >= 11 is 0. The van der Waals surface area contributed by atoms with Gasteiger partial charge in [0.15, 0.2) is 0 Å². The lowest BCUT2D eigenvalue weighted by atomic mass is 10.1. The molecule has 1 saturated carbocycles. The summed E-state index contributed by atoms with van der Waals surface area (Å²) < 4.78 is 0. The molecule has 0 aliphatic heterocycles. The van der Waals surface area contributed by atoms with Crippen molar-refractivity contribution in [3.8, 4) is 6.07 Å². The van der Waals surface area contributed by atoms with Crippen LogP contribution in [0, 0.1) is 21.4 Å². The average molecular weight is 261 g/mol. The Kier molecular flexibility index (Phi) is 3.33. The van der Waals surface area contributed by atoms with E-state index >= 15 is 0 Å². The number of carbonyl (C=O) groups is 1. The third kappa shape index (κ3) is 2.80. The number of nitrogens with zero attached hydrogens (tertiary/aromatic N) is 3. The van der Waals surface area contributed by atoms with Gasteiger partial charge in [-0.25, -0.2) is 0 Å². The van der Waals surface area contributed by atoms with Crippen LogP contribution < -0.4 is 4.90 Å². The fourth-order valence-electron chi connectivity index (χ4n) is 1.91. The quantitative estimate of drug-likeness (QED) is 0.636. The molecular formula is C12H11N3O4. The number of nitriles is 1. The van der Waals surface area contributed by atoms with Crippen LogP contribution in [0.25, 0.3) is 0 Å². The molecule has 0 radical (unpaired) electrons. The fourth-order valence-corrected chi connectivity index (χ4v) is 1.91. The van der Waals surface area contributed by atoms with E-state index < -0.39 is 10.9 Å². The van der Waals surface area contributed by atoms with E-state index in [0.29, 0.717) is 5.69 Å². The highest BCUT2D eigenvalue weighted by molar-refractivity contribution is 5.75. The first-order valence-electron chi connectivity index (χ1n) is 5.70. The summed E-state index contributed by atoms with van der Waals surface area (Å²) in [4.78, 5) is 22.6. The second kappa shape index (κ2) is 4.94. The summed E-state index contributed by atoms with van der Waals surface area (Å²) in [6.45, 7) is -0.173. The molecule has 0 unspecified atom stereocenters. The van der Waals surface area contributed by atoms with Gasteiger partial charge in [0, 0.05) is 17.8 Å². The summed E-state index contributed by atoms with van der Waals surface area (Å²) in [5.41, 5.74) is 0.211. The molecule has 1 N–H and O–H groups in total. The number of carboxylic acids is 1. The highest BCUT2D eigenvalue weighted by Gasteiger charge is 2.31. The molecule has 1 aromatic rings. The lowest BCUT2D eigenvalue weighted by Crippen LogP contribution is -2.31. The van der Waals surface area contributed by atoms with E-state index in [-0.39, 0.29) is 23.8 Å². The summed E-state index contributed by atoms with van der Waals surface area (Å²) in [7, 11) is 0. The highest BCUT2D eigenvalue weighted by Crippen LogP contribution is 2.33. The van der Waals surface area contributed by atoms with Crippen LogP contribution >= 0.6 is 0 Å². The maximum atomic E-state index is 10.8. The monoisotopic (exact) mass is 261 g/mol. The van der Waals surface area contributed by atoms with E-state index in [1.54, 1.807) is 11.0 Å². The summed E-state index contributed by atoms with van der Waals surface area (Å²) in [6, 6.07) is 6.01. The largest absolute Gasteiger partial charge is 0.480 e. The van der Waals surface area contributed by atoms with Crippen LogP contribution in [0.3, 0.4) is 0 Å². The minimum Gasteiger partial charge on any atom is -0.480 e. The molecule has 1 aromatic carbocycles. The summed E-state index contributed by atoms with van der Waals surface area (Å²) in [5, 5.41) is 28.5. The summed E-state index contributed by atoms with van der Waals surface area (Å²) in [6.07, 6.45) is 1.79. The Morgan fingerprint density at radius 1 is 1.58 bits per heavy atom. The van der Waals surface area contributed by atoms with Gasteiger partial charge in [0.2, 0.25) is 0 Å². The van der Waals surface area contributed by atoms with Crippen molar-refractivity contribution in [1.29, 1.82) is 5.26 Å². The predicted molar refractivity (Wildman–Crippen MR) is 65.8 cm³/mol. The van der Waals surface area contributed by atoms with Crippen molar-refractivity contribution in [2.75, 3.05) is 11.4 Å². The standard InChI is InChI=1S/C12H11N3O4/c13-6-8-5-10(3-4-11(8)15(18)19)14(7-12(16)17)9-1-2-9/h3-5,9H,1-2,7H2,(H,16,17). The molecule has 0 amide bonds. The van der Waals surface area contributed by atoms with Crippen molar-refractivity contribution in [1.82, 2.24) is 0 Å². The minimum atomic E-state index is -0.969. The van der Waals surface area contributed by atoms with Gasteiger partial charge in [-0.3, -0.25) is 14.9 Å². The Hall–Kier alpha value is -2.62. The molecule has 0 atom stereocenters. The van der Waals surface area contributed by atoms with Crippen molar-refractivity contribution < 1.29 is 14.8 Å². The van der Waals surface area contributed by atoms with Gasteiger partial charge < -0.3 is 10.0 Å². The van der Waals surface area contributed by atoms with Gasteiger partial charge in [0.05, 0.1) is 4.92 Å². The van der Waals surface area contributed by atoms with Crippen molar-refractivity contribution in [3.63, 3.8) is 0 Å². The smallest absolute Gasteiger partial charge is 0.323 e. The molecule has 0 aromatic heterocycles. The lowest BCUT2D eigenvalue weighted by Gasteiger charge is -2.22. The Morgan fingerprint density at radius 3 is 2.74 bits per heavy atom. The first kappa shape index (κ1) is 12.8. The van der Waals surface area contributed by atoms with E-state index in [1.165, 1.54) is 18.2 Å². The third-order valence-corrected chi connectivity index (χ3v) is 2.92. The molecule has 0 spiro atoms. The zero-order chi connectivity index (χ0) is 14.0. The molecule has 7 heteroatoms. The zero-order valence-corrected chi connectivity index (χ0v) is 9.94. The molecule has 19 heavy (non-hydrogen) atoms. The van der Waals surface area contributed by atoms with Crippen LogP contribution in [0.5, 0.6) is 0 Å². The first-order chi connectivity index (χ1) is 9.02. The first-order valence-corrected chi connectivity index (χ1v) is 5.70. The van der Waals surface area contributed by atoms with Gasteiger partial charge in [0.1, 0.15) is 18.2 Å². The zero-order valence-electron chi connectivity index (χ0n) is 9.94. The maximum Gasteiger partial charge on any atom is 0.323 e. The minimum absolute atomic E-state index is 0.0569. The number of benzene rings is 1. The lowest BCUT2D eigenvalue weighted by molar-refractivity contribution is -0.385. The Morgan fingerprint density at radius 2 is 2.26 bits per heavy atom. The molecule has 1 aliphatic carbocycles.